The summed E-state index contributed by atoms with van der Waals surface area (Å²) in [5.74, 6) is 2.40. The van der Waals surface area contributed by atoms with Gasteiger partial charge in [-0.1, -0.05) is 12.1 Å². The maximum Gasteiger partial charge on any atom is 0.190 e. The van der Waals surface area contributed by atoms with E-state index < -0.39 is 0 Å². The van der Waals surface area contributed by atoms with E-state index in [9.17, 15) is 0 Å². The number of benzene rings is 1. The largest absolute Gasteiger partial charge is 0.490 e. The molecule has 0 aliphatic heterocycles. The Hall–Kier alpha value is -2.76. The molecule has 6 nitrogen and oxygen atoms in total. The molecule has 1 aromatic heterocycles. The zero-order valence-electron chi connectivity index (χ0n) is 17.4. The predicted octanol–water partition coefficient (Wildman–Crippen LogP) is 3.14. The Labute approximate surface area is 168 Å². The molecule has 2 N–H and O–H groups in total. The summed E-state index contributed by atoms with van der Waals surface area (Å²) >= 11 is 0. The maximum atomic E-state index is 5.69. The Morgan fingerprint density at radius 3 is 2.18 bits per heavy atom. The van der Waals surface area contributed by atoms with Crippen molar-refractivity contribution < 1.29 is 9.47 Å². The number of aryl methyl sites for hydroxylation is 1. The van der Waals surface area contributed by atoms with Gasteiger partial charge in [-0.05, 0) is 62.9 Å². The fraction of sp³-hybridized carbons (Fsp3) is 0.455. The number of aromatic nitrogens is 1. The minimum atomic E-state index is 0.620. The van der Waals surface area contributed by atoms with Crippen LogP contribution in [0.5, 0.6) is 11.5 Å². The monoisotopic (exact) mass is 384 g/mol. The van der Waals surface area contributed by atoms with Gasteiger partial charge in [0.05, 0.1) is 13.2 Å². The highest BCUT2D eigenvalue weighted by Crippen LogP contribution is 2.28. The second kappa shape index (κ2) is 11.8. The summed E-state index contributed by atoms with van der Waals surface area (Å²) in [6.45, 7) is 8.78. The minimum Gasteiger partial charge on any atom is -0.490 e. The zero-order valence-corrected chi connectivity index (χ0v) is 17.4. The van der Waals surface area contributed by atoms with Gasteiger partial charge < -0.3 is 20.1 Å². The number of ether oxygens (including phenoxy) is 2. The number of hydrogen-bond acceptors (Lipinski definition) is 4. The van der Waals surface area contributed by atoms with Gasteiger partial charge in [0.1, 0.15) is 0 Å². The molecule has 0 radical (unpaired) electrons. The summed E-state index contributed by atoms with van der Waals surface area (Å²) in [7, 11) is 1.78. The van der Waals surface area contributed by atoms with E-state index in [1.807, 2.05) is 39.1 Å². The summed E-state index contributed by atoms with van der Waals surface area (Å²) in [6.07, 6.45) is 3.70. The fourth-order valence-electron chi connectivity index (χ4n) is 2.77. The Morgan fingerprint density at radius 2 is 1.57 bits per heavy atom. The Morgan fingerprint density at radius 1 is 0.929 bits per heavy atom. The Bertz CT molecular complexity index is 745. The van der Waals surface area contributed by atoms with E-state index in [-0.39, 0.29) is 0 Å². The number of guanidine groups is 1. The quantitative estimate of drug-likeness (QED) is 0.487. The van der Waals surface area contributed by atoms with Crippen LogP contribution in [0.1, 0.15) is 30.7 Å². The first-order valence-electron chi connectivity index (χ1n) is 9.90. The molecule has 0 aliphatic carbocycles. The molecule has 2 rings (SSSR count). The van der Waals surface area contributed by atoms with Crippen molar-refractivity contribution in [2.24, 2.45) is 4.99 Å². The molecule has 6 heteroatoms. The highest BCUT2D eigenvalue weighted by Gasteiger charge is 2.06. The molecule has 0 saturated carbocycles. The van der Waals surface area contributed by atoms with Crippen molar-refractivity contribution in [1.29, 1.82) is 0 Å². The number of aliphatic imine (C=N–C) groups is 1. The third-order valence-electron chi connectivity index (χ3n) is 4.22. The summed E-state index contributed by atoms with van der Waals surface area (Å²) < 4.78 is 11.3. The van der Waals surface area contributed by atoms with Gasteiger partial charge in [-0.2, -0.15) is 0 Å². The zero-order chi connectivity index (χ0) is 20.2. The maximum absolute atomic E-state index is 5.69. The van der Waals surface area contributed by atoms with E-state index in [1.165, 1.54) is 11.1 Å². The van der Waals surface area contributed by atoms with Crippen molar-refractivity contribution in [1.82, 2.24) is 15.6 Å². The van der Waals surface area contributed by atoms with Gasteiger partial charge in [0, 0.05) is 32.0 Å². The van der Waals surface area contributed by atoms with Crippen molar-refractivity contribution in [3.63, 3.8) is 0 Å². The number of nitrogens with one attached hydrogen (secondary N) is 2. The molecule has 0 aliphatic rings. The van der Waals surface area contributed by atoms with Gasteiger partial charge in [0.2, 0.25) is 0 Å². The van der Waals surface area contributed by atoms with Crippen LogP contribution in [-0.4, -0.2) is 44.3 Å². The molecule has 1 heterocycles. The normalized spacial score (nSPS) is 11.2. The van der Waals surface area contributed by atoms with Crippen LogP contribution in [-0.2, 0) is 12.8 Å². The molecular weight excluding hydrogens is 352 g/mol. The van der Waals surface area contributed by atoms with Crippen LogP contribution < -0.4 is 20.1 Å². The van der Waals surface area contributed by atoms with Gasteiger partial charge in [0.25, 0.3) is 0 Å². The molecule has 0 fully saturated rings. The van der Waals surface area contributed by atoms with E-state index in [0.29, 0.717) is 13.2 Å². The van der Waals surface area contributed by atoms with Crippen molar-refractivity contribution in [3.8, 4) is 11.5 Å². The third kappa shape index (κ3) is 7.10. The van der Waals surface area contributed by atoms with Crippen LogP contribution in [0, 0.1) is 6.92 Å². The molecule has 1 aromatic carbocycles. The van der Waals surface area contributed by atoms with Crippen molar-refractivity contribution in [2.45, 2.75) is 33.6 Å². The summed E-state index contributed by atoms with van der Waals surface area (Å²) in [5.41, 5.74) is 3.45. The summed E-state index contributed by atoms with van der Waals surface area (Å²) in [4.78, 5) is 8.61. The predicted molar refractivity (Wildman–Crippen MR) is 115 cm³/mol. The van der Waals surface area contributed by atoms with E-state index in [0.717, 1.165) is 49.1 Å². The van der Waals surface area contributed by atoms with E-state index in [1.54, 1.807) is 7.05 Å². The topological polar surface area (TPSA) is 67.8 Å². The number of nitrogens with zero attached hydrogens (tertiary/aromatic N) is 2. The van der Waals surface area contributed by atoms with Crippen molar-refractivity contribution in [2.75, 3.05) is 33.4 Å². The van der Waals surface area contributed by atoms with Crippen LogP contribution in [0.3, 0.4) is 0 Å². The minimum absolute atomic E-state index is 0.620. The van der Waals surface area contributed by atoms with Crippen molar-refractivity contribution in [3.05, 3.63) is 53.3 Å². The molecular formula is C22H32N4O2. The standard InChI is InChI=1S/C22H32N4O2/c1-5-27-20-10-9-18(15-21(20)28-6-2)11-13-24-22(23-4)25-14-12-19-8-7-17(3)26-16-19/h7-10,15-16H,5-6,11-14H2,1-4H3,(H2,23,24,25). The second-order valence-corrected chi connectivity index (χ2v) is 6.38. The number of rotatable bonds is 10. The van der Waals surface area contributed by atoms with Crippen LogP contribution in [0.15, 0.2) is 41.5 Å². The van der Waals surface area contributed by atoms with Gasteiger partial charge in [0.15, 0.2) is 17.5 Å². The second-order valence-electron chi connectivity index (χ2n) is 6.38. The summed E-state index contributed by atoms with van der Waals surface area (Å²) in [5, 5.41) is 6.70. The fourth-order valence-corrected chi connectivity index (χ4v) is 2.77. The lowest BCUT2D eigenvalue weighted by Crippen LogP contribution is -2.39. The lowest BCUT2D eigenvalue weighted by molar-refractivity contribution is 0.287. The van der Waals surface area contributed by atoms with Gasteiger partial charge in [-0.3, -0.25) is 9.98 Å². The number of pyridine rings is 1. The SMILES string of the molecule is CCOc1ccc(CCNC(=NC)NCCc2ccc(C)nc2)cc1OCC. The van der Waals surface area contributed by atoms with E-state index in [4.69, 9.17) is 9.47 Å². The van der Waals surface area contributed by atoms with E-state index in [2.05, 4.69) is 38.8 Å². The average molecular weight is 385 g/mol. The van der Waals surface area contributed by atoms with Gasteiger partial charge in [-0.25, -0.2) is 0 Å². The van der Waals surface area contributed by atoms with Gasteiger partial charge >= 0.3 is 0 Å². The lowest BCUT2D eigenvalue weighted by atomic mass is 10.1. The Balaban J connectivity index is 1.78. The highest BCUT2D eigenvalue weighted by molar-refractivity contribution is 5.79. The molecule has 152 valence electrons. The van der Waals surface area contributed by atoms with E-state index >= 15 is 0 Å². The smallest absolute Gasteiger partial charge is 0.190 e. The molecule has 0 amide bonds. The molecule has 0 unspecified atom stereocenters. The molecule has 0 saturated heterocycles. The van der Waals surface area contributed by atoms with Gasteiger partial charge in [-0.15, -0.1) is 0 Å². The Kier molecular flexibility index (Phi) is 9.11. The molecule has 0 bridgehead atoms. The van der Waals surface area contributed by atoms with Crippen molar-refractivity contribution >= 4 is 5.96 Å². The average Bonchev–Trinajstić information content (AvgIpc) is 2.70. The first kappa shape index (κ1) is 21.5. The summed E-state index contributed by atoms with van der Waals surface area (Å²) in [6, 6.07) is 10.3. The number of hydrogen-bond donors (Lipinski definition) is 2. The van der Waals surface area contributed by atoms with Crippen LogP contribution >= 0.6 is 0 Å². The van der Waals surface area contributed by atoms with Crippen LogP contribution in [0.4, 0.5) is 0 Å². The highest BCUT2D eigenvalue weighted by atomic mass is 16.5. The molecule has 0 atom stereocenters. The third-order valence-corrected chi connectivity index (χ3v) is 4.22. The lowest BCUT2D eigenvalue weighted by Gasteiger charge is -2.14. The molecule has 0 spiro atoms. The first-order valence-corrected chi connectivity index (χ1v) is 9.90. The van der Waals surface area contributed by atoms with Crippen LogP contribution in [0.25, 0.3) is 0 Å². The molecule has 2 aromatic rings. The first-order chi connectivity index (χ1) is 13.7. The molecule has 28 heavy (non-hydrogen) atoms. The van der Waals surface area contributed by atoms with Crippen LogP contribution in [0.2, 0.25) is 0 Å².